The van der Waals surface area contributed by atoms with Crippen molar-refractivity contribution >= 4 is 0 Å². The number of piperidine rings is 1. The van der Waals surface area contributed by atoms with Crippen LogP contribution in [0.25, 0.3) is 0 Å². The molecule has 2 rings (SSSR count). The van der Waals surface area contributed by atoms with E-state index in [1.165, 1.54) is 18.5 Å². The van der Waals surface area contributed by atoms with Gasteiger partial charge in [-0.1, -0.05) is 0 Å². The zero-order valence-electron chi connectivity index (χ0n) is 8.50. The Bertz CT molecular complexity index is 250. The van der Waals surface area contributed by atoms with E-state index in [0.29, 0.717) is 0 Å². The van der Waals surface area contributed by atoms with Gasteiger partial charge in [0.15, 0.2) is 0 Å². The van der Waals surface area contributed by atoms with Crippen LogP contribution in [0.4, 0.5) is 0 Å². The van der Waals surface area contributed by atoms with Gasteiger partial charge in [0.1, 0.15) is 0 Å². The van der Waals surface area contributed by atoms with Crippen molar-refractivity contribution < 1.29 is 0 Å². The molecule has 0 aromatic carbocycles. The van der Waals surface area contributed by atoms with Crippen LogP contribution in [0.1, 0.15) is 31.0 Å². The number of aromatic nitrogens is 1. The summed E-state index contributed by atoms with van der Waals surface area (Å²) in [5.74, 6) is 0.801. The standard InChI is InChI=1S/C11H19N3/c12-10(11-2-1-5-14-11)8-9-3-6-13-7-4-9/h1-2,5,9-10,13-14H,3-4,6-8,12H2. The lowest BCUT2D eigenvalue weighted by atomic mass is 9.90. The predicted molar refractivity (Wildman–Crippen MR) is 57.9 cm³/mol. The Morgan fingerprint density at radius 1 is 1.43 bits per heavy atom. The Kier molecular flexibility index (Phi) is 3.22. The zero-order chi connectivity index (χ0) is 9.80. The zero-order valence-corrected chi connectivity index (χ0v) is 8.50. The summed E-state index contributed by atoms with van der Waals surface area (Å²) in [7, 11) is 0. The van der Waals surface area contributed by atoms with E-state index in [2.05, 4.69) is 16.4 Å². The minimum Gasteiger partial charge on any atom is -0.364 e. The van der Waals surface area contributed by atoms with Gasteiger partial charge in [0, 0.05) is 17.9 Å². The molecule has 0 spiro atoms. The molecule has 1 aliphatic heterocycles. The largest absolute Gasteiger partial charge is 0.364 e. The Morgan fingerprint density at radius 3 is 2.86 bits per heavy atom. The number of H-pyrrole nitrogens is 1. The summed E-state index contributed by atoms with van der Waals surface area (Å²) in [6.07, 6.45) is 5.60. The number of hydrogen-bond donors (Lipinski definition) is 3. The molecule has 3 nitrogen and oxygen atoms in total. The van der Waals surface area contributed by atoms with E-state index in [9.17, 15) is 0 Å². The Morgan fingerprint density at radius 2 is 2.21 bits per heavy atom. The first kappa shape index (κ1) is 9.74. The van der Waals surface area contributed by atoms with E-state index in [1.54, 1.807) is 0 Å². The van der Waals surface area contributed by atoms with Crippen LogP contribution in [0.15, 0.2) is 18.3 Å². The number of rotatable bonds is 3. The second-order valence-electron chi connectivity index (χ2n) is 4.16. The van der Waals surface area contributed by atoms with Crippen molar-refractivity contribution in [2.24, 2.45) is 11.7 Å². The lowest BCUT2D eigenvalue weighted by molar-refractivity contribution is 0.331. The quantitative estimate of drug-likeness (QED) is 0.679. The highest BCUT2D eigenvalue weighted by Crippen LogP contribution is 2.23. The van der Waals surface area contributed by atoms with Crippen molar-refractivity contribution in [2.45, 2.75) is 25.3 Å². The summed E-state index contributed by atoms with van der Waals surface area (Å²) >= 11 is 0. The van der Waals surface area contributed by atoms with Crippen LogP contribution in [-0.4, -0.2) is 18.1 Å². The lowest BCUT2D eigenvalue weighted by Crippen LogP contribution is -2.29. The number of aromatic amines is 1. The summed E-state index contributed by atoms with van der Waals surface area (Å²) in [6.45, 7) is 2.31. The molecule has 3 heteroatoms. The van der Waals surface area contributed by atoms with Crippen LogP contribution in [0, 0.1) is 5.92 Å². The Labute approximate surface area is 85.1 Å². The molecular weight excluding hydrogens is 174 g/mol. The molecule has 0 bridgehead atoms. The lowest BCUT2D eigenvalue weighted by Gasteiger charge is -2.24. The maximum absolute atomic E-state index is 6.12. The predicted octanol–water partition coefficient (Wildman–Crippen LogP) is 1.40. The van der Waals surface area contributed by atoms with E-state index < -0.39 is 0 Å². The molecule has 1 atom stereocenters. The Hall–Kier alpha value is -0.800. The van der Waals surface area contributed by atoms with Gasteiger partial charge in [0.25, 0.3) is 0 Å². The van der Waals surface area contributed by atoms with E-state index in [-0.39, 0.29) is 6.04 Å². The van der Waals surface area contributed by atoms with Crippen molar-refractivity contribution in [3.8, 4) is 0 Å². The van der Waals surface area contributed by atoms with Crippen LogP contribution >= 0.6 is 0 Å². The summed E-state index contributed by atoms with van der Waals surface area (Å²) < 4.78 is 0. The minimum absolute atomic E-state index is 0.188. The normalized spacial score (nSPS) is 20.9. The van der Waals surface area contributed by atoms with Crippen LogP contribution < -0.4 is 11.1 Å². The van der Waals surface area contributed by atoms with E-state index >= 15 is 0 Å². The number of hydrogen-bond acceptors (Lipinski definition) is 2. The second-order valence-corrected chi connectivity index (χ2v) is 4.16. The Balaban J connectivity index is 1.84. The van der Waals surface area contributed by atoms with Gasteiger partial charge in [-0.25, -0.2) is 0 Å². The molecule has 0 amide bonds. The van der Waals surface area contributed by atoms with Gasteiger partial charge in [-0.3, -0.25) is 0 Å². The first-order chi connectivity index (χ1) is 6.86. The molecule has 1 aromatic rings. The molecule has 14 heavy (non-hydrogen) atoms. The fourth-order valence-electron chi connectivity index (χ4n) is 2.18. The SMILES string of the molecule is NC(CC1CCNCC1)c1ccc[nH]1. The fourth-order valence-corrected chi connectivity index (χ4v) is 2.18. The highest BCUT2D eigenvalue weighted by Gasteiger charge is 2.17. The molecule has 4 N–H and O–H groups in total. The summed E-state index contributed by atoms with van der Waals surface area (Å²) in [5, 5.41) is 3.37. The summed E-state index contributed by atoms with van der Waals surface area (Å²) in [6, 6.07) is 4.27. The molecule has 0 saturated carbocycles. The second kappa shape index (κ2) is 4.62. The molecule has 1 fully saturated rings. The van der Waals surface area contributed by atoms with Crippen LogP contribution in [0.5, 0.6) is 0 Å². The fraction of sp³-hybridized carbons (Fsp3) is 0.636. The number of nitrogens with one attached hydrogen (secondary N) is 2. The molecule has 2 heterocycles. The van der Waals surface area contributed by atoms with Crippen molar-refractivity contribution in [3.63, 3.8) is 0 Å². The van der Waals surface area contributed by atoms with Crippen molar-refractivity contribution in [1.82, 2.24) is 10.3 Å². The van der Waals surface area contributed by atoms with Gasteiger partial charge in [-0.15, -0.1) is 0 Å². The van der Waals surface area contributed by atoms with Crippen molar-refractivity contribution in [1.29, 1.82) is 0 Å². The van der Waals surface area contributed by atoms with Crippen LogP contribution in [0.3, 0.4) is 0 Å². The third-order valence-corrected chi connectivity index (χ3v) is 3.07. The molecule has 1 saturated heterocycles. The third kappa shape index (κ3) is 2.36. The highest BCUT2D eigenvalue weighted by atomic mass is 14.9. The van der Waals surface area contributed by atoms with Gasteiger partial charge < -0.3 is 16.0 Å². The summed E-state index contributed by atoms with van der Waals surface area (Å²) in [5.41, 5.74) is 7.29. The molecule has 0 radical (unpaired) electrons. The molecule has 1 aliphatic rings. The molecular formula is C11H19N3. The average Bonchev–Trinajstić information content (AvgIpc) is 2.72. The highest BCUT2D eigenvalue weighted by molar-refractivity contribution is 5.08. The summed E-state index contributed by atoms with van der Waals surface area (Å²) in [4.78, 5) is 3.19. The smallest absolute Gasteiger partial charge is 0.0450 e. The maximum atomic E-state index is 6.12. The monoisotopic (exact) mass is 193 g/mol. The van der Waals surface area contributed by atoms with Gasteiger partial charge in [-0.2, -0.15) is 0 Å². The molecule has 78 valence electrons. The van der Waals surface area contributed by atoms with E-state index in [4.69, 9.17) is 5.73 Å². The first-order valence-electron chi connectivity index (χ1n) is 5.46. The van der Waals surface area contributed by atoms with Gasteiger partial charge >= 0.3 is 0 Å². The van der Waals surface area contributed by atoms with Crippen LogP contribution in [-0.2, 0) is 0 Å². The van der Waals surface area contributed by atoms with E-state index in [1.807, 2.05) is 12.3 Å². The third-order valence-electron chi connectivity index (χ3n) is 3.07. The topological polar surface area (TPSA) is 53.8 Å². The van der Waals surface area contributed by atoms with Gasteiger partial charge in [0.05, 0.1) is 0 Å². The molecule has 0 aliphatic carbocycles. The van der Waals surface area contributed by atoms with Gasteiger partial charge in [0.2, 0.25) is 0 Å². The molecule has 1 aromatic heterocycles. The van der Waals surface area contributed by atoms with Crippen molar-refractivity contribution in [2.75, 3.05) is 13.1 Å². The maximum Gasteiger partial charge on any atom is 0.0450 e. The first-order valence-corrected chi connectivity index (χ1v) is 5.46. The van der Waals surface area contributed by atoms with Gasteiger partial charge in [-0.05, 0) is 50.4 Å². The molecule has 1 unspecified atom stereocenters. The number of nitrogens with two attached hydrogens (primary N) is 1. The van der Waals surface area contributed by atoms with Crippen LogP contribution in [0.2, 0.25) is 0 Å². The van der Waals surface area contributed by atoms with Crippen molar-refractivity contribution in [3.05, 3.63) is 24.0 Å². The minimum atomic E-state index is 0.188. The van der Waals surface area contributed by atoms with E-state index in [0.717, 1.165) is 25.4 Å². The average molecular weight is 193 g/mol.